The molecule has 2 aromatic rings. The summed E-state index contributed by atoms with van der Waals surface area (Å²) in [7, 11) is 0. The second kappa shape index (κ2) is 6.96. The third-order valence-corrected chi connectivity index (χ3v) is 5.04. The van der Waals surface area contributed by atoms with Gasteiger partial charge in [0, 0.05) is 24.8 Å². The van der Waals surface area contributed by atoms with Gasteiger partial charge in [-0.05, 0) is 47.6 Å². The van der Waals surface area contributed by atoms with Crippen molar-refractivity contribution in [2.75, 3.05) is 13.1 Å². The molecule has 6 heteroatoms. The number of hydrogen-bond donors (Lipinski definition) is 2. The number of carbonyl (C=O) groups is 1. The Morgan fingerprint density at radius 2 is 2.50 bits per heavy atom. The third kappa shape index (κ3) is 3.32. The maximum atomic E-state index is 12.6. The van der Waals surface area contributed by atoms with Gasteiger partial charge in [-0.3, -0.25) is 5.10 Å². The van der Waals surface area contributed by atoms with Crippen molar-refractivity contribution >= 4 is 17.4 Å². The Balaban J connectivity index is 1.60. The lowest BCUT2D eigenvalue weighted by Crippen LogP contribution is -2.45. The Morgan fingerprint density at radius 3 is 3.23 bits per heavy atom. The Bertz CT molecular complexity index is 581. The van der Waals surface area contributed by atoms with Gasteiger partial charge in [0.05, 0.1) is 12.2 Å². The second-order valence-electron chi connectivity index (χ2n) is 5.88. The third-order valence-electron chi connectivity index (χ3n) is 4.34. The summed E-state index contributed by atoms with van der Waals surface area (Å²) in [5, 5.41) is 14.2. The molecular weight excluding hydrogens is 296 g/mol. The molecule has 0 radical (unpaired) electrons. The molecule has 2 atom stereocenters. The summed E-state index contributed by atoms with van der Waals surface area (Å²) >= 11 is 1.70. The number of aromatic nitrogens is 2. The van der Waals surface area contributed by atoms with E-state index in [1.165, 1.54) is 5.56 Å². The molecule has 5 nitrogen and oxygen atoms in total. The zero-order valence-corrected chi connectivity index (χ0v) is 13.6. The molecule has 1 fully saturated rings. The van der Waals surface area contributed by atoms with E-state index in [-0.39, 0.29) is 12.1 Å². The van der Waals surface area contributed by atoms with Gasteiger partial charge in [0.1, 0.15) is 0 Å². The maximum absolute atomic E-state index is 12.6. The molecule has 3 rings (SSSR count). The van der Waals surface area contributed by atoms with Crippen molar-refractivity contribution in [1.29, 1.82) is 0 Å². The van der Waals surface area contributed by atoms with E-state index in [1.807, 2.05) is 17.3 Å². The van der Waals surface area contributed by atoms with Crippen LogP contribution in [0.5, 0.6) is 0 Å². The van der Waals surface area contributed by atoms with Crippen LogP contribution in [0.2, 0.25) is 0 Å². The van der Waals surface area contributed by atoms with Crippen molar-refractivity contribution in [3.05, 3.63) is 40.3 Å². The largest absolute Gasteiger partial charge is 0.337 e. The molecule has 0 aliphatic carbocycles. The molecule has 1 saturated heterocycles. The fourth-order valence-electron chi connectivity index (χ4n) is 2.98. The van der Waals surface area contributed by atoms with E-state index in [1.54, 1.807) is 11.3 Å². The van der Waals surface area contributed by atoms with Crippen molar-refractivity contribution < 1.29 is 4.79 Å². The lowest BCUT2D eigenvalue weighted by molar-refractivity contribution is 0.151. The Morgan fingerprint density at radius 1 is 1.59 bits per heavy atom. The van der Waals surface area contributed by atoms with E-state index in [0.717, 1.165) is 31.4 Å². The first kappa shape index (κ1) is 15.1. The van der Waals surface area contributed by atoms with Crippen LogP contribution in [0.25, 0.3) is 0 Å². The molecular formula is C16H22N4OS. The fraction of sp³-hybridized carbons (Fsp3) is 0.500. The van der Waals surface area contributed by atoms with Crippen LogP contribution in [0.3, 0.4) is 0 Å². The van der Waals surface area contributed by atoms with Gasteiger partial charge in [0.15, 0.2) is 0 Å². The minimum absolute atomic E-state index is 0.0352. The number of carbonyl (C=O) groups excluding carboxylic acids is 1. The van der Waals surface area contributed by atoms with Crippen molar-refractivity contribution in [3.63, 3.8) is 0 Å². The van der Waals surface area contributed by atoms with E-state index in [9.17, 15) is 4.79 Å². The SMILES string of the molecule is C[C@H](CNC(=O)N1CCCC[C@@H]1c1cn[nH]c1)c1ccsc1. The quantitative estimate of drug-likeness (QED) is 0.906. The van der Waals surface area contributed by atoms with Crippen LogP contribution in [0.4, 0.5) is 4.79 Å². The summed E-state index contributed by atoms with van der Waals surface area (Å²) in [5.41, 5.74) is 2.39. The minimum Gasteiger partial charge on any atom is -0.337 e. The van der Waals surface area contributed by atoms with Crippen molar-refractivity contribution in [3.8, 4) is 0 Å². The van der Waals surface area contributed by atoms with Crippen LogP contribution in [0.1, 0.15) is 49.3 Å². The summed E-state index contributed by atoms with van der Waals surface area (Å²) in [6, 6.07) is 2.30. The van der Waals surface area contributed by atoms with Crippen LogP contribution in [0, 0.1) is 0 Å². The Labute approximate surface area is 134 Å². The highest BCUT2D eigenvalue weighted by Crippen LogP contribution is 2.30. The minimum atomic E-state index is 0.0352. The predicted octanol–water partition coefficient (Wildman–Crippen LogP) is 3.51. The van der Waals surface area contributed by atoms with E-state index in [0.29, 0.717) is 12.5 Å². The van der Waals surface area contributed by atoms with E-state index in [4.69, 9.17) is 0 Å². The van der Waals surface area contributed by atoms with Crippen molar-refractivity contribution in [2.24, 2.45) is 0 Å². The number of rotatable bonds is 4. The number of likely N-dealkylation sites (tertiary alicyclic amines) is 1. The van der Waals surface area contributed by atoms with Crippen LogP contribution in [-0.2, 0) is 0 Å². The second-order valence-corrected chi connectivity index (χ2v) is 6.66. The van der Waals surface area contributed by atoms with E-state index < -0.39 is 0 Å². The molecule has 2 aromatic heterocycles. The van der Waals surface area contributed by atoms with Gasteiger partial charge in [-0.1, -0.05) is 6.92 Å². The Kier molecular flexibility index (Phi) is 4.77. The predicted molar refractivity (Wildman–Crippen MR) is 88.0 cm³/mol. The topological polar surface area (TPSA) is 61.0 Å². The molecule has 0 spiro atoms. The van der Waals surface area contributed by atoms with Gasteiger partial charge in [-0.2, -0.15) is 16.4 Å². The zero-order valence-electron chi connectivity index (χ0n) is 12.8. The highest BCUT2D eigenvalue weighted by Gasteiger charge is 2.28. The number of hydrogen-bond acceptors (Lipinski definition) is 3. The first-order chi connectivity index (χ1) is 10.8. The standard InChI is InChI=1S/C16H22N4OS/c1-12(13-5-7-22-11-13)8-17-16(21)20-6-3-2-4-15(20)14-9-18-19-10-14/h5,7,9-12,15H,2-4,6,8H2,1H3,(H,17,21)(H,18,19)/t12-,15-/m1/s1. The van der Waals surface area contributed by atoms with Crippen LogP contribution >= 0.6 is 11.3 Å². The smallest absolute Gasteiger partial charge is 0.317 e. The van der Waals surface area contributed by atoms with Crippen LogP contribution < -0.4 is 5.32 Å². The number of nitrogens with zero attached hydrogens (tertiary/aromatic N) is 2. The number of thiophene rings is 1. The van der Waals surface area contributed by atoms with Crippen molar-refractivity contribution in [2.45, 2.75) is 38.1 Å². The van der Waals surface area contributed by atoms with Gasteiger partial charge < -0.3 is 10.2 Å². The fourth-order valence-corrected chi connectivity index (χ4v) is 3.76. The molecule has 2 N–H and O–H groups in total. The normalized spacial score (nSPS) is 19.9. The average molecular weight is 318 g/mol. The van der Waals surface area contributed by atoms with E-state index in [2.05, 4.69) is 39.3 Å². The molecule has 3 heterocycles. The van der Waals surface area contributed by atoms with Gasteiger partial charge in [0.25, 0.3) is 0 Å². The molecule has 0 unspecified atom stereocenters. The summed E-state index contributed by atoms with van der Waals surface area (Å²) in [6.45, 7) is 3.63. The highest BCUT2D eigenvalue weighted by atomic mass is 32.1. The van der Waals surface area contributed by atoms with E-state index >= 15 is 0 Å². The van der Waals surface area contributed by atoms with Gasteiger partial charge in [0.2, 0.25) is 0 Å². The van der Waals surface area contributed by atoms with Gasteiger partial charge in [-0.25, -0.2) is 4.79 Å². The average Bonchev–Trinajstić information content (AvgIpc) is 3.24. The molecule has 1 aliphatic heterocycles. The zero-order chi connectivity index (χ0) is 15.4. The van der Waals surface area contributed by atoms with Crippen LogP contribution in [-0.4, -0.2) is 34.2 Å². The first-order valence-electron chi connectivity index (χ1n) is 7.81. The Hall–Kier alpha value is -1.82. The lowest BCUT2D eigenvalue weighted by atomic mass is 9.98. The first-order valence-corrected chi connectivity index (χ1v) is 8.75. The summed E-state index contributed by atoms with van der Waals surface area (Å²) in [6.07, 6.45) is 6.95. The molecule has 0 aromatic carbocycles. The van der Waals surface area contributed by atoms with Gasteiger partial charge in [-0.15, -0.1) is 0 Å². The lowest BCUT2D eigenvalue weighted by Gasteiger charge is -2.35. The summed E-state index contributed by atoms with van der Waals surface area (Å²) < 4.78 is 0. The number of piperidine rings is 1. The summed E-state index contributed by atoms with van der Waals surface area (Å²) in [4.78, 5) is 14.5. The number of aromatic amines is 1. The maximum Gasteiger partial charge on any atom is 0.317 e. The number of H-pyrrole nitrogens is 1. The molecule has 0 saturated carbocycles. The number of amides is 2. The molecule has 2 amide bonds. The summed E-state index contributed by atoms with van der Waals surface area (Å²) in [5.74, 6) is 0.340. The molecule has 118 valence electrons. The van der Waals surface area contributed by atoms with Crippen LogP contribution in [0.15, 0.2) is 29.2 Å². The van der Waals surface area contributed by atoms with Gasteiger partial charge >= 0.3 is 6.03 Å². The monoisotopic (exact) mass is 318 g/mol. The number of urea groups is 1. The number of nitrogens with one attached hydrogen (secondary N) is 2. The highest BCUT2D eigenvalue weighted by molar-refractivity contribution is 7.07. The molecule has 22 heavy (non-hydrogen) atoms. The molecule has 1 aliphatic rings. The van der Waals surface area contributed by atoms with Crippen molar-refractivity contribution in [1.82, 2.24) is 20.4 Å². The molecule has 0 bridgehead atoms.